The Balaban J connectivity index is 1.86. The third kappa shape index (κ3) is 3.67. The Labute approximate surface area is 113 Å². The van der Waals surface area contributed by atoms with Crippen molar-refractivity contribution in [2.75, 3.05) is 6.54 Å². The predicted molar refractivity (Wildman–Crippen MR) is 72.4 cm³/mol. The molecule has 98 valence electrons. The van der Waals surface area contributed by atoms with E-state index in [2.05, 4.69) is 16.4 Å². The maximum atomic E-state index is 9.19. The van der Waals surface area contributed by atoms with Crippen LogP contribution in [-0.2, 0) is 13.0 Å². The first kappa shape index (κ1) is 13.3. The van der Waals surface area contributed by atoms with Gasteiger partial charge in [0.2, 0.25) is 5.89 Å². The molecule has 0 spiro atoms. The molecule has 1 N–H and O–H groups in total. The average Bonchev–Trinajstić information content (AvgIpc) is 2.92. The van der Waals surface area contributed by atoms with Crippen molar-refractivity contribution < 1.29 is 4.42 Å². The van der Waals surface area contributed by atoms with Gasteiger partial charge in [-0.05, 0) is 5.56 Å². The number of oxazole rings is 1. The van der Waals surface area contributed by atoms with Gasteiger partial charge in [0.25, 0.3) is 0 Å². The van der Waals surface area contributed by atoms with Crippen molar-refractivity contribution in [2.45, 2.75) is 25.8 Å². The lowest BCUT2D eigenvalue weighted by Gasteiger charge is -2.09. The van der Waals surface area contributed by atoms with E-state index in [0.29, 0.717) is 19.0 Å². The molecule has 0 aliphatic rings. The Hall–Kier alpha value is -2.12. The molecule has 0 radical (unpaired) electrons. The molecule has 1 heterocycles. The smallest absolute Gasteiger partial charge is 0.208 e. The van der Waals surface area contributed by atoms with Crippen molar-refractivity contribution in [3.05, 3.63) is 53.7 Å². The van der Waals surface area contributed by atoms with Crippen LogP contribution in [0.15, 0.2) is 40.9 Å². The second-order valence-electron chi connectivity index (χ2n) is 4.30. The van der Waals surface area contributed by atoms with E-state index in [0.717, 1.165) is 17.7 Å². The molecule has 0 saturated heterocycles. The highest BCUT2D eigenvalue weighted by molar-refractivity contribution is 5.25. The number of aromatic nitrogens is 1. The molecule has 1 unspecified atom stereocenters. The number of rotatable bonds is 6. The maximum Gasteiger partial charge on any atom is 0.208 e. The Bertz CT molecular complexity index is 542. The van der Waals surface area contributed by atoms with Gasteiger partial charge in [-0.2, -0.15) is 5.26 Å². The van der Waals surface area contributed by atoms with Crippen molar-refractivity contribution in [1.82, 2.24) is 10.3 Å². The highest BCUT2D eigenvalue weighted by atomic mass is 16.4. The Kier molecular flexibility index (Phi) is 4.71. The molecule has 2 aromatic rings. The summed E-state index contributed by atoms with van der Waals surface area (Å²) < 4.78 is 5.50. The van der Waals surface area contributed by atoms with Crippen LogP contribution in [0.5, 0.6) is 0 Å². The van der Waals surface area contributed by atoms with E-state index in [1.807, 2.05) is 37.3 Å². The standard InChI is InChI=1S/C15H17N3O/c1-2-14-10-18-15(19-14)11-17-9-13(8-16)12-6-4-3-5-7-12/h3-7,10,13,17H,2,9,11H2,1H3. The molecule has 0 aliphatic carbocycles. The van der Waals surface area contributed by atoms with Crippen LogP contribution in [0.3, 0.4) is 0 Å². The van der Waals surface area contributed by atoms with E-state index in [1.165, 1.54) is 0 Å². The highest BCUT2D eigenvalue weighted by Gasteiger charge is 2.10. The van der Waals surface area contributed by atoms with Crippen LogP contribution in [-0.4, -0.2) is 11.5 Å². The second kappa shape index (κ2) is 6.72. The number of nitrogens with one attached hydrogen (secondary N) is 1. The van der Waals surface area contributed by atoms with Crippen LogP contribution in [0.25, 0.3) is 0 Å². The number of nitriles is 1. The normalized spacial score (nSPS) is 12.0. The van der Waals surface area contributed by atoms with E-state index in [-0.39, 0.29) is 5.92 Å². The summed E-state index contributed by atoms with van der Waals surface area (Å²) in [5, 5.41) is 12.4. The predicted octanol–water partition coefficient (Wildman–Crippen LogP) is 2.63. The van der Waals surface area contributed by atoms with E-state index >= 15 is 0 Å². The molecule has 4 heteroatoms. The maximum absolute atomic E-state index is 9.19. The minimum atomic E-state index is -0.151. The minimum Gasteiger partial charge on any atom is -0.444 e. The molecule has 0 saturated carbocycles. The quantitative estimate of drug-likeness (QED) is 0.862. The van der Waals surface area contributed by atoms with Gasteiger partial charge in [0.15, 0.2) is 0 Å². The SMILES string of the molecule is CCc1cnc(CNCC(C#N)c2ccccc2)o1. The molecular weight excluding hydrogens is 238 g/mol. The topological polar surface area (TPSA) is 61.9 Å². The van der Waals surface area contributed by atoms with Crippen LogP contribution in [0.2, 0.25) is 0 Å². The third-order valence-electron chi connectivity index (χ3n) is 2.93. The van der Waals surface area contributed by atoms with Crippen LogP contribution < -0.4 is 5.32 Å². The number of hydrogen-bond acceptors (Lipinski definition) is 4. The van der Waals surface area contributed by atoms with E-state index in [1.54, 1.807) is 6.20 Å². The summed E-state index contributed by atoms with van der Waals surface area (Å²) in [6, 6.07) is 12.1. The first-order valence-corrected chi connectivity index (χ1v) is 6.42. The van der Waals surface area contributed by atoms with Crippen molar-refractivity contribution in [3.8, 4) is 6.07 Å². The summed E-state index contributed by atoms with van der Waals surface area (Å²) >= 11 is 0. The summed E-state index contributed by atoms with van der Waals surface area (Å²) in [4.78, 5) is 4.17. The molecule has 2 rings (SSSR count). The van der Waals surface area contributed by atoms with E-state index < -0.39 is 0 Å². The first-order chi connectivity index (χ1) is 9.33. The molecule has 0 fully saturated rings. The van der Waals surface area contributed by atoms with Crippen LogP contribution in [0.1, 0.15) is 30.1 Å². The van der Waals surface area contributed by atoms with Gasteiger partial charge in [-0.25, -0.2) is 4.98 Å². The highest BCUT2D eigenvalue weighted by Crippen LogP contribution is 2.13. The van der Waals surface area contributed by atoms with Crippen molar-refractivity contribution in [2.24, 2.45) is 0 Å². The molecule has 1 aromatic carbocycles. The van der Waals surface area contributed by atoms with Gasteiger partial charge in [-0.15, -0.1) is 0 Å². The fourth-order valence-electron chi connectivity index (χ4n) is 1.84. The second-order valence-corrected chi connectivity index (χ2v) is 4.30. The number of nitrogens with zero attached hydrogens (tertiary/aromatic N) is 2. The Morgan fingerprint density at radius 2 is 2.16 bits per heavy atom. The van der Waals surface area contributed by atoms with Gasteiger partial charge in [-0.3, -0.25) is 0 Å². The molecule has 1 aromatic heterocycles. The van der Waals surface area contributed by atoms with Gasteiger partial charge in [0.1, 0.15) is 5.76 Å². The molecule has 19 heavy (non-hydrogen) atoms. The van der Waals surface area contributed by atoms with E-state index in [9.17, 15) is 5.26 Å². The zero-order chi connectivity index (χ0) is 13.5. The Morgan fingerprint density at radius 3 is 2.79 bits per heavy atom. The van der Waals surface area contributed by atoms with Crippen molar-refractivity contribution in [1.29, 1.82) is 5.26 Å². The van der Waals surface area contributed by atoms with E-state index in [4.69, 9.17) is 4.42 Å². The van der Waals surface area contributed by atoms with Crippen LogP contribution >= 0.6 is 0 Å². The fourth-order valence-corrected chi connectivity index (χ4v) is 1.84. The fraction of sp³-hybridized carbons (Fsp3) is 0.333. The van der Waals surface area contributed by atoms with Crippen molar-refractivity contribution in [3.63, 3.8) is 0 Å². The molecule has 4 nitrogen and oxygen atoms in total. The third-order valence-corrected chi connectivity index (χ3v) is 2.93. The average molecular weight is 255 g/mol. The van der Waals surface area contributed by atoms with Gasteiger partial charge in [0.05, 0.1) is 24.7 Å². The van der Waals surface area contributed by atoms with Crippen LogP contribution in [0.4, 0.5) is 0 Å². The summed E-state index contributed by atoms with van der Waals surface area (Å²) in [5.41, 5.74) is 1.03. The summed E-state index contributed by atoms with van der Waals surface area (Å²) in [6.45, 7) is 3.16. The van der Waals surface area contributed by atoms with Gasteiger partial charge in [0, 0.05) is 13.0 Å². The first-order valence-electron chi connectivity index (χ1n) is 6.42. The summed E-state index contributed by atoms with van der Waals surface area (Å²) in [7, 11) is 0. The molecule has 0 bridgehead atoms. The van der Waals surface area contributed by atoms with Gasteiger partial charge >= 0.3 is 0 Å². The number of benzene rings is 1. The minimum absolute atomic E-state index is 0.151. The Morgan fingerprint density at radius 1 is 1.37 bits per heavy atom. The molecule has 1 atom stereocenters. The van der Waals surface area contributed by atoms with Gasteiger partial charge < -0.3 is 9.73 Å². The zero-order valence-corrected chi connectivity index (χ0v) is 11.0. The van der Waals surface area contributed by atoms with Crippen LogP contribution in [0, 0.1) is 11.3 Å². The molecule has 0 aliphatic heterocycles. The summed E-state index contributed by atoms with van der Waals surface area (Å²) in [5.74, 6) is 1.40. The summed E-state index contributed by atoms with van der Waals surface area (Å²) in [6.07, 6.45) is 2.59. The van der Waals surface area contributed by atoms with Crippen molar-refractivity contribution >= 4 is 0 Å². The lowest BCUT2D eigenvalue weighted by Crippen LogP contribution is -2.20. The number of aryl methyl sites for hydroxylation is 1. The molecule has 0 amide bonds. The largest absolute Gasteiger partial charge is 0.444 e. The number of hydrogen-bond donors (Lipinski definition) is 1. The molecular formula is C15H17N3O. The zero-order valence-electron chi connectivity index (χ0n) is 11.0. The lowest BCUT2D eigenvalue weighted by atomic mass is 10.0. The van der Waals surface area contributed by atoms with Gasteiger partial charge in [-0.1, -0.05) is 37.3 Å². The lowest BCUT2D eigenvalue weighted by molar-refractivity contribution is 0.438. The monoisotopic (exact) mass is 255 g/mol.